The van der Waals surface area contributed by atoms with Crippen LogP contribution in [0.25, 0.3) is 0 Å². The number of rotatable bonds is 5. The van der Waals surface area contributed by atoms with Crippen molar-refractivity contribution in [3.05, 3.63) is 59.1 Å². The number of nitrogens with zero attached hydrogens (tertiary/aromatic N) is 1. The summed E-state index contributed by atoms with van der Waals surface area (Å²) >= 11 is 6.29. The van der Waals surface area contributed by atoms with Gasteiger partial charge in [-0.15, -0.1) is 0 Å². The Hall–Kier alpha value is -2.57. The largest absolute Gasteiger partial charge is 0.366 e. The van der Waals surface area contributed by atoms with Crippen LogP contribution in [-0.2, 0) is 4.79 Å². The monoisotopic (exact) mass is 387 g/mol. The van der Waals surface area contributed by atoms with E-state index in [9.17, 15) is 9.59 Å². The average molecular weight is 388 g/mol. The van der Waals surface area contributed by atoms with Crippen molar-refractivity contribution in [2.24, 2.45) is 5.73 Å². The van der Waals surface area contributed by atoms with E-state index in [1.165, 1.54) is 4.90 Å². The zero-order valence-electron chi connectivity index (χ0n) is 15.2. The van der Waals surface area contributed by atoms with Gasteiger partial charge in [-0.05, 0) is 43.3 Å². The van der Waals surface area contributed by atoms with Crippen molar-refractivity contribution in [2.45, 2.75) is 13.0 Å². The fourth-order valence-electron chi connectivity index (χ4n) is 3.33. The molecule has 0 spiro atoms. The molecule has 0 radical (unpaired) electrons. The number of hydrogen-bond acceptors (Lipinski definition) is 3. The summed E-state index contributed by atoms with van der Waals surface area (Å²) in [5.74, 6) is -0.523. The third kappa shape index (κ3) is 4.59. The number of para-hydroxylation sites is 1. The SMILES string of the molecule is C[C@H](C(=O)Nc1ccc(C(N)=O)cc1)[NH+]1CCN(c2ccccc2Cl)CC1. The molecule has 2 amide bonds. The van der Waals surface area contributed by atoms with Gasteiger partial charge in [0.25, 0.3) is 5.91 Å². The van der Waals surface area contributed by atoms with Gasteiger partial charge in [-0.25, -0.2) is 0 Å². The van der Waals surface area contributed by atoms with Crippen molar-refractivity contribution in [2.75, 3.05) is 36.4 Å². The van der Waals surface area contributed by atoms with Gasteiger partial charge in [0.15, 0.2) is 6.04 Å². The normalized spacial score (nSPS) is 16.0. The first-order valence-electron chi connectivity index (χ1n) is 9.00. The summed E-state index contributed by atoms with van der Waals surface area (Å²) in [6.45, 7) is 5.36. The van der Waals surface area contributed by atoms with Crippen LogP contribution in [0.2, 0.25) is 5.02 Å². The van der Waals surface area contributed by atoms with Gasteiger partial charge in [-0.3, -0.25) is 9.59 Å². The molecule has 0 saturated carbocycles. The average Bonchev–Trinajstić information content (AvgIpc) is 2.68. The first-order chi connectivity index (χ1) is 13.0. The van der Waals surface area contributed by atoms with E-state index in [2.05, 4.69) is 10.2 Å². The van der Waals surface area contributed by atoms with Gasteiger partial charge in [0.1, 0.15) is 0 Å². The Morgan fingerprint density at radius 1 is 1.11 bits per heavy atom. The molecule has 6 nitrogen and oxygen atoms in total. The van der Waals surface area contributed by atoms with E-state index in [0.717, 1.165) is 36.9 Å². The summed E-state index contributed by atoms with van der Waals surface area (Å²) in [4.78, 5) is 27.2. The first-order valence-corrected chi connectivity index (χ1v) is 9.38. The molecule has 2 aromatic rings. The number of quaternary nitrogens is 1. The predicted molar refractivity (Wildman–Crippen MR) is 107 cm³/mol. The molecule has 1 aliphatic rings. The van der Waals surface area contributed by atoms with Crippen LogP contribution in [0, 0.1) is 0 Å². The molecule has 1 aliphatic heterocycles. The molecule has 7 heteroatoms. The maximum absolute atomic E-state index is 12.6. The molecule has 0 unspecified atom stereocenters. The highest BCUT2D eigenvalue weighted by molar-refractivity contribution is 6.33. The van der Waals surface area contributed by atoms with E-state index >= 15 is 0 Å². The maximum Gasteiger partial charge on any atom is 0.282 e. The summed E-state index contributed by atoms with van der Waals surface area (Å²) in [6, 6.07) is 14.3. The fraction of sp³-hybridized carbons (Fsp3) is 0.300. The Labute approximate surface area is 163 Å². The summed E-state index contributed by atoms with van der Waals surface area (Å²) < 4.78 is 0. The fourth-order valence-corrected chi connectivity index (χ4v) is 3.59. The molecule has 1 atom stereocenters. The minimum atomic E-state index is -0.484. The van der Waals surface area contributed by atoms with Crippen molar-refractivity contribution in [3.8, 4) is 0 Å². The molecule has 0 aliphatic carbocycles. The number of carbonyl (C=O) groups is 2. The van der Waals surface area contributed by atoms with Gasteiger partial charge in [0.05, 0.1) is 36.9 Å². The van der Waals surface area contributed by atoms with Crippen molar-refractivity contribution in [3.63, 3.8) is 0 Å². The van der Waals surface area contributed by atoms with Crippen LogP contribution in [0.5, 0.6) is 0 Å². The number of anilines is 2. The third-order valence-electron chi connectivity index (χ3n) is 5.04. The summed E-state index contributed by atoms with van der Waals surface area (Å²) in [5.41, 5.74) is 7.35. The minimum absolute atomic E-state index is 0.0389. The number of halogens is 1. The van der Waals surface area contributed by atoms with Crippen molar-refractivity contribution >= 4 is 34.8 Å². The van der Waals surface area contributed by atoms with Gasteiger partial charge in [0.2, 0.25) is 5.91 Å². The van der Waals surface area contributed by atoms with Crippen LogP contribution >= 0.6 is 11.6 Å². The number of carbonyl (C=O) groups excluding carboxylic acids is 2. The quantitative estimate of drug-likeness (QED) is 0.720. The smallest absolute Gasteiger partial charge is 0.282 e. The zero-order chi connectivity index (χ0) is 19.4. The van der Waals surface area contributed by atoms with Gasteiger partial charge >= 0.3 is 0 Å². The molecule has 1 heterocycles. The number of primary amides is 1. The molecule has 1 fully saturated rings. The van der Waals surface area contributed by atoms with Crippen LogP contribution < -0.4 is 20.9 Å². The highest BCUT2D eigenvalue weighted by Crippen LogP contribution is 2.24. The van der Waals surface area contributed by atoms with Crippen LogP contribution in [0.1, 0.15) is 17.3 Å². The van der Waals surface area contributed by atoms with Crippen LogP contribution in [-0.4, -0.2) is 44.0 Å². The van der Waals surface area contributed by atoms with Crippen LogP contribution in [0.3, 0.4) is 0 Å². The number of amides is 2. The molecule has 142 valence electrons. The van der Waals surface area contributed by atoms with E-state index < -0.39 is 5.91 Å². The van der Waals surface area contributed by atoms with E-state index in [4.69, 9.17) is 17.3 Å². The van der Waals surface area contributed by atoms with Gasteiger partial charge in [0, 0.05) is 11.3 Å². The second-order valence-corrected chi connectivity index (χ2v) is 7.16. The van der Waals surface area contributed by atoms with E-state index in [-0.39, 0.29) is 11.9 Å². The van der Waals surface area contributed by atoms with Gasteiger partial charge in [-0.1, -0.05) is 23.7 Å². The lowest BCUT2D eigenvalue weighted by Crippen LogP contribution is -3.19. The lowest BCUT2D eigenvalue weighted by Gasteiger charge is -2.36. The Kier molecular flexibility index (Phi) is 5.98. The molecule has 0 bridgehead atoms. The van der Waals surface area contributed by atoms with E-state index in [0.29, 0.717) is 11.3 Å². The third-order valence-corrected chi connectivity index (χ3v) is 5.36. The van der Waals surface area contributed by atoms with Crippen molar-refractivity contribution in [1.82, 2.24) is 0 Å². The summed E-state index contributed by atoms with van der Waals surface area (Å²) in [7, 11) is 0. The number of benzene rings is 2. The molecule has 27 heavy (non-hydrogen) atoms. The Bertz CT molecular complexity index is 817. The maximum atomic E-state index is 12.6. The minimum Gasteiger partial charge on any atom is -0.366 e. The number of nitrogens with one attached hydrogen (secondary N) is 2. The van der Waals surface area contributed by atoms with E-state index in [1.807, 2.05) is 31.2 Å². The molecule has 2 aromatic carbocycles. The van der Waals surface area contributed by atoms with Crippen LogP contribution in [0.15, 0.2) is 48.5 Å². The second-order valence-electron chi connectivity index (χ2n) is 6.75. The lowest BCUT2D eigenvalue weighted by molar-refractivity contribution is -0.914. The zero-order valence-corrected chi connectivity index (χ0v) is 16.0. The topological polar surface area (TPSA) is 79.9 Å². The summed E-state index contributed by atoms with van der Waals surface area (Å²) in [5, 5.41) is 3.67. The van der Waals surface area contributed by atoms with Gasteiger partial charge < -0.3 is 20.9 Å². The standard InChI is InChI=1S/C20H23ClN4O2/c1-14(20(27)23-16-8-6-15(7-9-16)19(22)26)24-10-12-25(13-11-24)18-5-3-2-4-17(18)21/h2-9,14H,10-13H2,1H3,(H2,22,26)(H,23,27)/p+1/t14-/m1/s1. The van der Waals surface area contributed by atoms with E-state index in [1.54, 1.807) is 24.3 Å². The Morgan fingerprint density at radius 2 is 1.74 bits per heavy atom. The second kappa shape index (κ2) is 8.41. The number of hydrogen-bond donors (Lipinski definition) is 3. The molecule has 3 rings (SSSR count). The Balaban J connectivity index is 1.55. The predicted octanol–water partition coefficient (Wildman–Crippen LogP) is 1.17. The molecular formula is C20H24ClN4O2+. The Morgan fingerprint density at radius 3 is 2.33 bits per heavy atom. The van der Waals surface area contributed by atoms with Gasteiger partial charge in [-0.2, -0.15) is 0 Å². The first kappa shape index (κ1) is 19.2. The lowest BCUT2D eigenvalue weighted by atomic mass is 10.1. The molecule has 4 N–H and O–H groups in total. The highest BCUT2D eigenvalue weighted by Gasteiger charge is 2.29. The molecule has 1 saturated heterocycles. The van der Waals surface area contributed by atoms with Crippen molar-refractivity contribution in [1.29, 1.82) is 0 Å². The molecular weight excluding hydrogens is 364 g/mol. The summed E-state index contributed by atoms with van der Waals surface area (Å²) in [6.07, 6.45) is 0. The molecule has 0 aromatic heterocycles. The van der Waals surface area contributed by atoms with Crippen molar-refractivity contribution < 1.29 is 14.5 Å². The highest BCUT2D eigenvalue weighted by atomic mass is 35.5. The van der Waals surface area contributed by atoms with Crippen LogP contribution in [0.4, 0.5) is 11.4 Å². The number of nitrogens with two attached hydrogens (primary N) is 1. The number of piperazine rings is 1.